The van der Waals surface area contributed by atoms with E-state index in [1.165, 1.54) is 6.33 Å². The molecule has 0 spiro atoms. The van der Waals surface area contributed by atoms with E-state index < -0.39 is 0 Å². The smallest absolute Gasteiger partial charge is 0.144 e. The Bertz CT molecular complexity index is 978. The number of fused-ring (bicyclic) bond motifs is 3. The normalized spacial score (nSPS) is 11.3. The molecule has 3 nitrogen and oxygen atoms in total. The third-order valence-electron chi connectivity index (χ3n) is 3.46. The molecule has 2 N–H and O–H groups in total. The maximum Gasteiger partial charge on any atom is 0.144 e. The molecule has 5 heteroatoms. The van der Waals surface area contributed by atoms with Crippen LogP contribution in [0.3, 0.4) is 0 Å². The first-order valence-electron chi connectivity index (χ1n) is 6.41. The van der Waals surface area contributed by atoms with Gasteiger partial charge in [0.25, 0.3) is 0 Å². The highest BCUT2D eigenvalue weighted by Crippen LogP contribution is 2.38. The predicted octanol–water partition coefficient (Wildman–Crippen LogP) is 4.75. The number of nitrogen functional groups attached to an aromatic ring is 1. The van der Waals surface area contributed by atoms with Crippen LogP contribution in [0.1, 0.15) is 0 Å². The number of hydrogen-bond donors (Lipinski definition) is 1. The van der Waals surface area contributed by atoms with Crippen molar-refractivity contribution >= 4 is 49.1 Å². The minimum Gasteiger partial charge on any atom is -0.382 e. The Hall–Kier alpha value is -2.17. The fourth-order valence-electron chi connectivity index (χ4n) is 2.46. The van der Waals surface area contributed by atoms with Crippen LogP contribution in [-0.4, -0.2) is 9.97 Å². The fraction of sp³-hybridized carbons (Fsp3) is 0. The molecule has 0 fully saturated rings. The first-order valence-corrected chi connectivity index (χ1v) is 7.61. The molecule has 0 aliphatic heterocycles. The van der Waals surface area contributed by atoms with Crippen LogP contribution in [0.2, 0.25) is 5.02 Å². The number of hydrogen-bond acceptors (Lipinski definition) is 4. The van der Waals surface area contributed by atoms with Gasteiger partial charge in [0.15, 0.2) is 0 Å². The summed E-state index contributed by atoms with van der Waals surface area (Å²) in [6.07, 6.45) is 1.51. The number of rotatable bonds is 1. The van der Waals surface area contributed by atoms with E-state index in [-0.39, 0.29) is 0 Å². The summed E-state index contributed by atoms with van der Waals surface area (Å²) in [4.78, 5) is 8.40. The number of nitrogens with two attached hydrogens (primary N) is 1. The molecule has 2 aromatic carbocycles. The monoisotopic (exact) mass is 311 g/mol. The minimum atomic E-state index is 0.528. The maximum atomic E-state index is 6.27. The summed E-state index contributed by atoms with van der Waals surface area (Å²) in [5.41, 5.74) is 8.96. The van der Waals surface area contributed by atoms with Gasteiger partial charge in [-0.3, -0.25) is 0 Å². The van der Waals surface area contributed by atoms with E-state index in [1.807, 2.05) is 24.3 Å². The lowest BCUT2D eigenvalue weighted by Crippen LogP contribution is -1.89. The summed E-state index contributed by atoms with van der Waals surface area (Å²) in [6, 6.07) is 14.1. The van der Waals surface area contributed by atoms with Crippen LogP contribution in [0, 0.1) is 0 Å². The first kappa shape index (κ1) is 12.6. The molecule has 0 aliphatic carbocycles. The van der Waals surface area contributed by atoms with E-state index in [9.17, 15) is 0 Å². The zero-order chi connectivity index (χ0) is 14.4. The van der Waals surface area contributed by atoms with Crippen molar-refractivity contribution in [3.05, 3.63) is 53.8 Å². The van der Waals surface area contributed by atoms with Crippen LogP contribution in [0.15, 0.2) is 48.8 Å². The van der Waals surface area contributed by atoms with E-state index in [1.54, 1.807) is 11.3 Å². The molecule has 2 aromatic heterocycles. The summed E-state index contributed by atoms with van der Waals surface area (Å²) < 4.78 is 2.07. The maximum absolute atomic E-state index is 6.27. The van der Waals surface area contributed by atoms with Crippen molar-refractivity contribution in [1.82, 2.24) is 9.97 Å². The summed E-state index contributed by atoms with van der Waals surface area (Å²) in [7, 11) is 0. The van der Waals surface area contributed by atoms with Crippen molar-refractivity contribution in [2.75, 3.05) is 5.73 Å². The average molecular weight is 312 g/mol. The van der Waals surface area contributed by atoms with Crippen LogP contribution in [0.5, 0.6) is 0 Å². The number of aromatic nitrogens is 2. The molecule has 21 heavy (non-hydrogen) atoms. The molecule has 4 aromatic rings. The number of nitrogens with zero attached hydrogens (tertiary/aromatic N) is 2. The topological polar surface area (TPSA) is 51.8 Å². The zero-order valence-corrected chi connectivity index (χ0v) is 12.4. The Balaban J connectivity index is 2.01. The van der Waals surface area contributed by atoms with Crippen molar-refractivity contribution in [3.8, 4) is 11.1 Å². The van der Waals surface area contributed by atoms with Gasteiger partial charge in [0.2, 0.25) is 0 Å². The van der Waals surface area contributed by atoms with Crippen LogP contribution in [-0.2, 0) is 0 Å². The van der Waals surface area contributed by atoms with Crippen LogP contribution < -0.4 is 5.73 Å². The average Bonchev–Trinajstić information content (AvgIpc) is 2.87. The number of thiophene rings is 1. The Labute approximate surface area is 130 Å². The molecule has 0 unspecified atom stereocenters. The van der Waals surface area contributed by atoms with Gasteiger partial charge in [-0.1, -0.05) is 41.9 Å². The Kier molecular flexibility index (Phi) is 2.80. The van der Waals surface area contributed by atoms with E-state index in [2.05, 4.69) is 28.2 Å². The van der Waals surface area contributed by atoms with Gasteiger partial charge in [0.05, 0.1) is 10.2 Å². The van der Waals surface area contributed by atoms with Gasteiger partial charge < -0.3 is 5.73 Å². The van der Waals surface area contributed by atoms with Crippen molar-refractivity contribution < 1.29 is 0 Å². The van der Waals surface area contributed by atoms with E-state index in [0.717, 1.165) is 36.5 Å². The third-order valence-corrected chi connectivity index (χ3v) is 4.96. The molecule has 0 aliphatic rings. The Morgan fingerprint density at radius 3 is 2.76 bits per heavy atom. The second kappa shape index (κ2) is 4.69. The van der Waals surface area contributed by atoms with Crippen molar-refractivity contribution in [2.24, 2.45) is 0 Å². The van der Waals surface area contributed by atoms with Crippen LogP contribution in [0.25, 0.3) is 31.4 Å². The highest BCUT2D eigenvalue weighted by molar-refractivity contribution is 7.26. The molecular formula is C16H10ClN3S. The number of anilines is 1. The Morgan fingerprint density at radius 2 is 1.90 bits per heavy atom. The fourth-order valence-corrected chi connectivity index (χ4v) is 3.80. The van der Waals surface area contributed by atoms with E-state index in [4.69, 9.17) is 17.3 Å². The van der Waals surface area contributed by atoms with Crippen LogP contribution in [0.4, 0.5) is 5.82 Å². The molecule has 0 atom stereocenters. The second-order valence-corrected chi connectivity index (χ2v) is 6.19. The summed E-state index contributed by atoms with van der Waals surface area (Å²) in [5.74, 6) is 0.528. The van der Waals surface area contributed by atoms with Gasteiger partial charge in [-0.05, 0) is 17.7 Å². The predicted molar refractivity (Wildman–Crippen MR) is 89.8 cm³/mol. The molecule has 0 saturated carbocycles. The third kappa shape index (κ3) is 1.95. The van der Waals surface area contributed by atoms with Gasteiger partial charge in [-0.25, -0.2) is 9.97 Å². The summed E-state index contributed by atoms with van der Waals surface area (Å²) in [6.45, 7) is 0. The van der Waals surface area contributed by atoms with E-state index in [0.29, 0.717) is 5.82 Å². The molecule has 0 radical (unpaired) electrons. The molecular weight excluding hydrogens is 302 g/mol. The SMILES string of the molecule is Nc1ncnc2c1sc1cc(-c3ccccc3Cl)ccc12. The zero-order valence-electron chi connectivity index (χ0n) is 10.9. The van der Waals surface area contributed by atoms with Crippen molar-refractivity contribution in [3.63, 3.8) is 0 Å². The van der Waals surface area contributed by atoms with Gasteiger partial charge in [0.1, 0.15) is 12.1 Å². The van der Waals surface area contributed by atoms with Crippen molar-refractivity contribution in [1.29, 1.82) is 0 Å². The lowest BCUT2D eigenvalue weighted by atomic mass is 10.0. The molecule has 2 heterocycles. The highest BCUT2D eigenvalue weighted by Gasteiger charge is 2.11. The summed E-state index contributed by atoms with van der Waals surface area (Å²) >= 11 is 7.88. The molecule has 0 amide bonds. The first-order chi connectivity index (χ1) is 10.2. The minimum absolute atomic E-state index is 0.528. The van der Waals surface area contributed by atoms with Gasteiger partial charge in [-0.15, -0.1) is 11.3 Å². The van der Waals surface area contributed by atoms with Gasteiger partial charge in [-0.2, -0.15) is 0 Å². The van der Waals surface area contributed by atoms with Crippen LogP contribution >= 0.6 is 22.9 Å². The van der Waals surface area contributed by atoms with Gasteiger partial charge in [0, 0.05) is 20.7 Å². The quantitative estimate of drug-likeness (QED) is 0.552. The molecule has 4 rings (SSSR count). The highest BCUT2D eigenvalue weighted by atomic mass is 35.5. The van der Waals surface area contributed by atoms with E-state index >= 15 is 0 Å². The number of halogens is 1. The largest absolute Gasteiger partial charge is 0.382 e. The molecule has 102 valence electrons. The lowest BCUT2D eigenvalue weighted by Gasteiger charge is -2.04. The van der Waals surface area contributed by atoms with Gasteiger partial charge >= 0.3 is 0 Å². The Morgan fingerprint density at radius 1 is 1.05 bits per heavy atom. The molecule has 0 bridgehead atoms. The van der Waals surface area contributed by atoms with Crippen molar-refractivity contribution in [2.45, 2.75) is 0 Å². The lowest BCUT2D eigenvalue weighted by molar-refractivity contribution is 1.24. The molecule has 0 saturated heterocycles. The second-order valence-electron chi connectivity index (χ2n) is 4.73. The standard InChI is InChI=1S/C16H10ClN3S/c17-12-4-2-1-3-10(12)9-5-6-11-13(7-9)21-15-14(11)19-8-20-16(15)18/h1-8H,(H2,18,19,20). The summed E-state index contributed by atoms with van der Waals surface area (Å²) in [5, 5.41) is 1.84. The number of benzene rings is 2.